The smallest absolute Gasteiger partial charge is 0.407 e. The summed E-state index contributed by atoms with van der Waals surface area (Å²) < 4.78 is 10.2. The number of carbonyl (C=O) groups is 2. The van der Waals surface area contributed by atoms with Crippen molar-refractivity contribution in [3.63, 3.8) is 0 Å². The molecule has 0 aliphatic heterocycles. The van der Waals surface area contributed by atoms with Crippen molar-refractivity contribution in [3.05, 3.63) is 39.9 Å². The van der Waals surface area contributed by atoms with E-state index in [1.165, 1.54) is 24.3 Å². The highest BCUT2D eigenvalue weighted by Crippen LogP contribution is 2.23. The molecule has 0 heterocycles. The third-order valence-electron chi connectivity index (χ3n) is 3.18. The predicted octanol–water partition coefficient (Wildman–Crippen LogP) is 3.16. The lowest BCUT2D eigenvalue weighted by Crippen LogP contribution is -2.34. The molecule has 8 nitrogen and oxygen atoms in total. The fraction of sp³-hybridized carbons (Fsp3) is 0.529. The highest BCUT2D eigenvalue weighted by atomic mass is 16.6. The number of nitrogens with one attached hydrogen (secondary N) is 1. The average molecular weight is 352 g/mol. The molecule has 1 rings (SSSR count). The second-order valence-electron chi connectivity index (χ2n) is 6.37. The van der Waals surface area contributed by atoms with Gasteiger partial charge in [-0.3, -0.25) is 14.9 Å². The highest BCUT2D eigenvalue weighted by Gasteiger charge is 2.23. The molecular formula is C17H24N2O6. The van der Waals surface area contributed by atoms with Crippen molar-refractivity contribution in [2.75, 3.05) is 13.2 Å². The summed E-state index contributed by atoms with van der Waals surface area (Å²) >= 11 is 0. The van der Waals surface area contributed by atoms with Gasteiger partial charge in [0.2, 0.25) is 0 Å². The van der Waals surface area contributed by atoms with Crippen LogP contribution in [0.4, 0.5) is 10.5 Å². The van der Waals surface area contributed by atoms with E-state index in [0.717, 1.165) is 0 Å². The van der Waals surface area contributed by atoms with Crippen molar-refractivity contribution < 1.29 is 24.0 Å². The quantitative estimate of drug-likeness (QED) is 0.459. The topological polar surface area (TPSA) is 108 Å². The summed E-state index contributed by atoms with van der Waals surface area (Å²) in [5, 5.41) is 13.3. The SMILES string of the molecule is CCOC(=O)C(CCNC(=O)OC(C)(C)C)c1ccc([N+](=O)[O-])cc1. The number of hydrogen-bond donors (Lipinski definition) is 1. The average Bonchev–Trinajstić information content (AvgIpc) is 2.50. The minimum atomic E-state index is -0.629. The maximum absolute atomic E-state index is 12.2. The van der Waals surface area contributed by atoms with Crippen LogP contribution in [0.5, 0.6) is 0 Å². The summed E-state index contributed by atoms with van der Waals surface area (Å²) in [7, 11) is 0. The van der Waals surface area contributed by atoms with E-state index in [-0.39, 0.29) is 25.3 Å². The van der Waals surface area contributed by atoms with E-state index in [9.17, 15) is 19.7 Å². The Morgan fingerprint density at radius 2 is 1.84 bits per heavy atom. The molecule has 0 radical (unpaired) electrons. The number of nitrogens with zero attached hydrogens (tertiary/aromatic N) is 1. The van der Waals surface area contributed by atoms with Gasteiger partial charge in [-0.15, -0.1) is 0 Å². The molecule has 1 amide bonds. The maximum Gasteiger partial charge on any atom is 0.407 e. The van der Waals surface area contributed by atoms with E-state index in [4.69, 9.17) is 9.47 Å². The molecule has 1 aromatic carbocycles. The van der Waals surface area contributed by atoms with Gasteiger partial charge in [-0.25, -0.2) is 4.79 Å². The van der Waals surface area contributed by atoms with E-state index >= 15 is 0 Å². The van der Waals surface area contributed by atoms with E-state index in [0.29, 0.717) is 5.56 Å². The number of ether oxygens (including phenoxy) is 2. The van der Waals surface area contributed by atoms with Crippen molar-refractivity contribution in [2.24, 2.45) is 0 Å². The van der Waals surface area contributed by atoms with Crippen LogP contribution < -0.4 is 5.32 Å². The zero-order valence-corrected chi connectivity index (χ0v) is 14.9. The number of nitro groups is 1. The molecule has 1 N–H and O–H groups in total. The van der Waals surface area contributed by atoms with Gasteiger partial charge in [0.1, 0.15) is 5.60 Å². The number of amides is 1. The van der Waals surface area contributed by atoms with Crippen molar-refractivity contribution in [2.45, 2.75) is 45.6 Å². The largest absolute Gasteiger partial charge is 0.466 e. The molecule has 0 aromatic heterocycles. The van der Waals surface area contributed by atoms with Crippen LogP contribution in [0.2, 0.25) is 0 Å². The van der Waals surface area contributed by atoms with Gasteiger partial charge in [0.15, 0.2) is 0 Å². The van der Waals surface area contributed by atoms with Gasteiger partial charge in [0, 0.05) is 18.7 Å². The Morgan fingerprint density at radius 1 is 1.24 bits per heavy atom. The molecule has 0 aliphatic rings. The number of benzene rings is 1. The second kappa shape index (κ2) is 9.00. The number of carbonyl (C=O) groups excluding carboxylic acids is 2. The first-order valence-electron chi connectivity index (χ1n) is 8.02. The Balaban J connectivity index is 2.75. The van der Waals surface area contributed by atoms with Gasteiger partial charge in [0.25, 0.3) is 5.69 Å². The molecule has 0 fully saturated rings. The molecule has 1 unspecified atom stereocenters. The molecule has 8 heteroatoms. The van der Waals surface area contributed by atoms with Crippen molar-refractivity contribution in [1.82, 2.24) is 5.32 Å². The van der Waals surface area contributed by atoms with Crippen LogP contribution >= 0.6 is 0 Å². The number of non-ortho nitro benzene ring substituents is 1. The first-order valence-corrected chi connectivity index (χ1v) is 8.02. The second-order valence-corrected chi connectivity index (χ2v) is 6.37. The Labute approximate surface area is 146 Å². The first kappa shape index (κ1) is 20.4. The van der Waals surface area contributed by atoms with Gasteiger partial charge in [-0.05, 0) is 39.7 Å². The molecule has 138 valence electrons. The van der Waals surface area contributed by atoms with Crippen LogP contribution in [0.25, 0.3) is 0 Å². The molecule has 25 heavy (non-hydrogen) atoms. The summed E-state index contributed by atoms with van der Waals surface area (Å²) in [6, 6.07) is 5.71. The fourth-order valence-corrected chi connectivity index (χ4v) is 2.12. The maximum atomic E-state index is 12.2. The van der Waals surface area contributed by atoms with Gasteiger partial charge in [0.05, 0.1) is 17.4 Å². The van der Waals surface area contributed by atoms with Gasteiger partial charge in [-0.1, -0.05) is 12.1 Å². The van der Waals surface area contributed by atoms with E-state index in [2.05, 4.69) is 5.32 Å². The molecule has 0 bridgehead atoms. The number of nitro benzene ring substituents is 1. The summed E-state index contributed by atoms with van der Waals surface area (Å²) in [6.07, 6.45) is -0.283. The number of rotatable bonds is 7. The van der Waals surface area contributed by atoms with Crippen LogP contribution in [-0.4, -0.2) is 35.7 Å². The van der Waals surface area contributed by atoms with Gasteiger partial charge < -0.3 is 14.8 Å². The molecule has 0 saturated carbocycles. The Kier molecular flexibility index (Phi) is 7.35. The van der Waals surface area contributed by atoms with E-state index in [1.54, 1.807) is 27.7 Å². The zero-order chi connectivity index (χ0) is 19.0. The summed E-state index contributed by atoms with van der Waals surface area (Å²) in [6.45, 7) is 7.39. The van der Waals surface area contributed by atoms with E-state index in [1.807, 2.05) is 0 Å². The minimum Gasteiger partial charge on any atom is -0.466 e. The monoisotopic (exact) mass is 352 g/mol. The first-order chi connectivity index (χ1) is 11.6. The van der Waals surface area contributed by atoms with Crippen LogP contribution in [0.15, 0.2) is 24.3 Å². The van der Waals surface area contributed by atoms with Crippen molar-refractivity contribution in [1.29, 1.82) is 0 Å². The van der Waals surface area contributed by atoms with Crippen LogP contribution in [-0.2, 0) is 14.3 Å². The Bertz CT molecular complexity index is 607. The summed E-state index contributed by atoms with van der Waals surface area (Å²) in [5.41, 5.74) is -0.0727. The molecule has 1 aromatic rings. The predicted molar refractivity (Wildman–Crippen MR) is 91.3 cm³/mol. The molecule has 0 saturated heterocycles. The van der Waals surface area contributed by atoms with Crippen molar-refractivity contribution in [3.8, 4) is 0 Å². The third kappa shape index (κ3) is 7.19. The number of alkyl carbamates (subject to hydrolysis) is 1. The van der Waals surface area contributed by atoms with Crippen LogP contribution in [0.1, 0.15) is 45.6 Å². The third-order valence-corrected chi connectivity index (χ3v) is 3.18. The fourth-order valence-electron chi connectivity index (χ4n) is 2.12. The van der Waals surface area contributed by atoms with Crippen molar-refractivity contribution >= 4 is 17.7 Å². The molecular weight excluding hydrogens is 328 g/mol. The minimum absolute atomic E-state index is 0.0572. The number of hydrogen-bond acceptors (Lipinski definition) is 6. The highest BCUT2D eigenvalue weighted by molar-refractivity contribution is 5.78. The summed E-state index contributed by atoms with van der Waals surface area (Å²) in [5.74, 6) is -1.07. The van der Waals surface area contributed by atoms with Crippen LogP contribution in [0, 0.1) is 10.1 Å². The lowest BCUT2D eigenvalue weighted by atomic mass is 9.95. The Morgan fingerprint density at radius 3 is 2.32 bits per heavy atom. The lowest BCUT2D eigenvalue weighted by molar-refractivity contribution is -0.384. The molecule has 0 spiro atoms. The van der Waals surface area contributed by atoms with Crippen LogP contribution in [0.3, 0.4) is 0 Å². The Hall–Kier alpha value is -2.64. The van der Waals surface area contributed by atoms with Gasteiger partial charge in [-0.2, -0.15) is 0 Å². The zero-order valence-electron chi connectivity index (χ0n) is 14.9. The van der Waals surface area contributed by atoms with E-state index < -0.39 is 28.5 Å². The normalized spacial score (nSPS) is 12.2. The van der Waals surface area contributed by atoms with Gasteiger partial charge >= 0.3 is 12.1 Å². The standard InChI is InChI=1S/C17H24N2O6/c1-5-24-15(20)14(10-11-18-16(21)25-17(2,3)4)12-6-8-13(9-7-12)19(22)23/h6-9,14H,5,10-11H2,1-4H3,(H,18,21). The molecule has 1 atom stereocenters. The number of esters is 1. The lowest BCUT2D eigenvalue weighted by Gasteiger charge is -2.20. The molecule has 0 aliphatic carbocycles. The summed E-state index contributed by atoms with van der Waals surface area (Å²) in [4.78, 5) is 34.1.